The Bertz CT molecular complexity index is 191. The van der Waals surface area contributed by atoms with Crippen LogP contribution in [0.3, 0.4) is 0 Å². The fourth-order valence-corrected chi connectivity index (χ4v) is 2.75. The van der Waals surface area contributed by atoms with Gasteiger partial charge < -0.3 is 5.73 Å². The summed E-state index contributed by atoms with van der Waals surface area (Å²) in [7, 11) is 0. The molecule has 2 N–H and O–H groups in total. The predicted molar refractivity (Wildman–Crippen MR) is 63.7 cm³/mol. The van der Waals surface area contributed by atoms with E-state index in [1.54, 1.807) is 0 Å². The van der Waals surface area contributed by atoms with Crippen molar-refractivity contribution in [2.45, 2.75) is 58.3 Å². The molecule has 1 rings (SSSR count). The number of Topliss-reactive ketones (excluding diaryl/α,β-unsaturated/α-hetero) is 1. The van der Waals surface area contributed by atoms with Crippen LogP contribution in [0.25, 0.3) is 0 Å². The Kier molecular flexibility index (Phi) is 5.92. The molecule has 0 aliphatic heterocycles. The average Bonchev–Trinajstić information content (AvgIpc) is 2.29. The van der Waals surface area contributed by atoms with Crippen LogP contribution in [0.15, 0.2) is 0 Å². The van der Waals surface area contributed by atoms with Crippen molar-refractivity contribution in [2.24, 2.45) is 17.6 Å². The second-order valence-corrected chi connectivity index (χ2v) is 4.77. The van der Waals surface area contributed by atoms with Gasteiger partial charge in [0.05, 0.1) is 0 Å². The van der Waals surface area contributed by atoms with Gasteiger partial charge in [-0.05, 0) is 38.1 Å². The summed E-state index contributed by atoms with van der Waals surface area (Å²) in [6, 6.07) is 0. The van der Waals surface area contributed by atoms with Crippen LogP contribution in [0, 0.1) is 11.8 Å². The predicted octanol–water partition coefficient (Wildman–Crippen LogP) is 2.90. The zero-order valence-electron chi connectivity index (χ0n) is 10.0. The molecule has 2 atom stereocenters. The van der Waals surface area contributed by atoms with Crippen LogP contribution in [0.2, 0.25) is 0 Å². The summed E-state index contributed by atoms with van der Waals surface area (Å²) in [6.07, 6.45) is 8.90. The van der Waals surface area contributed by atoms with E-state index in [4.69, 9.17) is 5.73 Å². The van der Waals surface area contributed by atoms with E-state index in [0.717, 1.165) is 32.2 Å². The van der Waals surface area contributed by atoms with Crippen molar-refractivity contribution in [2.75, 3.05) is 6.54 Å². The maximum absolute atomic E-state index is 12.0. The van der Waals surface area contributed by atoms with Gasteiger partial charge in [0.2, 0.25) is 0 Å². The van der Waals surface area contributed by atoms with Crippen molar-refractivity contribution >= 4 is 5.78 Å². The molecule has 1 aliphatic carbocycles. The summed E-state index contributed by atoms with van der Waals surface area (Å²) in [4.78, 5) is 12.0. The summed E-state index contributed by atoms with van der Waals surface area (Å²) in [5.41, 5.74) is 5.44. The minimum Gasteiger partial charge on any atom is -0.330 e. The molecule has 15 heavy (non-hydrogen) atoms. The summed E-state index contributed by atoms with van der Waals surface area (Å²) in [6.45, 7) is 2.94. The Morgan fingerprint density at radius 1 is 1.27 bits per heavy atom. The summed E-state index contributed by atoms with van der Waals surface area (Å²) < 4.78 is 0. The van der Waals surface area contributed by atoms with Crippen LogP contribution >= 0.6 is 0 Å². The molecule has 2 nitrogen and oxygen atoms in total. The molecule has 0 radical (unpaired) electrons. The van der Waals surface area contributed by atoms with Gasteiger partial charge in [-0.15, -0.1) is 0 Å². The fourth-order valence-electron chi connectivity index (χ4n) is 2.75. The lowest BCUT2D eigenvalue weighted by Gasteiger charge is -2.29. The number of nitrogens with two attached hydrogens (primary N) is 1. The first-order valence-electron chi connectivity index (χ1n) is 6.52. The average molecular weight is 211 g/mol. The number of hydrogen-bond acceptors (Lipinski definition) is 2. The Balaban J connectivity index is 2.34. The molecule has 1 saturated carbocycles. The number of carbonyl (C=O) groups is 1. The Labute approximate surface area is 93.6 Å². The number of rotatable bonds is 6. The Hall–Kier alpha value is -0.370. The molecule has 88 valence electrons. The van der Waals surface area contributed by atoms with Crippen molar-refractivity contribution in [3.05, 3.63) is 0 Å². The standard InChI is InChI=1S/C13H25NO/c1-2-11-7-3-4-8-12(11)13(15)9-5-6-10-14/h11-12H,2-10,14H2,1H3. The van der Waals surface area contributed by atoms with Crippen LogP contribution in [0.1, 0.15) is 58.3 Å². The van der Waals surface area contributed by atoms with Crippen LogP contribution in [-0.4, -0.2) is 12.3 Å². The van der Waals surface area contributed by atoms with Crippen molar-refractivity contribution in [1.29, 1.82) is 0 Å². The van der Waals surface area contributed by atoms with Gasteiger partial charge in [0.1, 0.15) is 5.78 Å². The van der Waals surface area contributed by atoms with Gasteiger partial charge in [0.25, 0.3) is 0 Å². The summed E-state index contributed by atoms with van der Waals surface area (Å²) in [5, 5.41) is 0. The molecule has 0 amide bonds. The molecule has 0 aromatic heterocycles. The van der Waals surface area contributed by atoms with Crippen molar-refractivity contribution < 1.29 is 4.79 Å². The van der Waals surface area contributed by atoms with Gasteiger partial charge in [0, 0.05) is 12.3 Å². The molecule has 1 aliphatic rings. The first kappa shape index (κ1) is 12.7. The first-order chi connectivity index (χ1) is 7.29. The lowest BCUT2D eigenvalue weighted by molar-refractivity contribution is -0.125. The van der Waals surface area contributed by atoms with Crippen molar-refractivity contribution in [3.8, 4) is 0 Å². The monoisotopic (exact) mass is 211 g/mol. The largest absolute Gasteiger partial charge is 0.330 e. The van der Waals surface area contributed by atoms with Crippen molar-refractivity contribution in [3.63, 3.8) is 0 Å². The topological polar surface area (TPSA) is 43.1 Å². The number of ketones is 1. The zero-order chi connectivity index (χ0) is 11.1. The highest BCUT2D eigenvalue weighted by Gasteiger charge is 2.28. The van der Waals surface area contributed by atoms with Gasteiger partial charge in [0.15, 0.2) is 0 Å². The van der Waals surface area contributed by atoms with E-state index >= 15 is 0 Å². The minimum atomic E-state index is 0.376. The molecule has 0 heterocycles. The van der Waals surface area contributed by atoms with E-state index in [0.29, 0.717) is 17.6 Å². The molecule has 0 saturated heterocycles. The van der Waals surface area contributed by atoms with E-state index < -0.39 is 0 Å². The molecule has 2 unspecified atom stereocenters. The number of carbonyl (C=O) groups excluding carboxylic acids is 1. The zero-order valence-corrected chi connectivity index (χ0v) is 10.0. The third kappa shape index (κ3) is 3.94. The normalized spacial score (nSPS) is 26.5. The van der Waals surface area contributed by atoms with Gasteiger partial charge in [-0.1, -0.05) is 26.2 Å². The minimum absolute atomic E-state index is 0.376. The van der Waals surface area contributed by atoms with Crippen LogP contribution in [0.4, 0.5) is 0 Å². The molecule has 0 aromatic carbocycles. The quantitative estimate of drug-likeness (QED) is 0.686. The lowest BCUT2D eigenvalue weighted by Crippen LogP contribution is -2.26. The van der Waals surface area contributed by atoms with Crippen LogP contribution in [-0.2, 0) is 4.79 Å². The molecule has 0 aromatic rings. The van der Waals surface area contributed by atoms with Gasteiger partial charge in [-0.25, -0.2) is 0 Å². The third-order valence-electron chi connectivity index (χ3n) is 3.72. The van der Waals surface area contributed by atoms with E-state index in [9.17, 15) is 4.79 Å². The maximum atomic E-state index is 12.0. The molecular weight excluding hydrogens is 186 g/mol. The van der Waals surface area contributed by atoms with E-state index in [-0.39, 0.29) is 0 Å². The lowest BCUT2D eigenvalue weighted by atomic mass is 9.75. The molecule has 2 heteroatoms. The highest BCUT2D eigenvalue weighted by atomic mass is 16.1. The number of hydrogen-bond donors (Lipinski definition) is 1. The van der Waals surface area contributed by atoms with Gasteiger partial charge in [-0.3, -0.25) is 4.79 Å². The maximum Gasteiger partial charge on any atom is 0.136 e. The highest BCUT2D eigenvalue weighted by molar-refractivity contribution is 5.81. The SMILES string of the molecule is CCC1CCCCC1C(=O)CCCCN. The second-order valence-electron chi connectivity index (χ2n) is 4.77. The van der Waals surface area contributed by atoms with Crippen molar-refractivity contribution in [1.82, 2.24) is 0 Å². The summed E-state index contributed by atoms with van der Waals surface area (Å²) in [5.74, 6) is 1.56. The molecular formula is C13H25NO. The highest BCUT2D eigenvalue weighted by Crippen LogP contribution is 2.33. The van der Waals surface area contributed by atoms with Crippen LogP contribution < -0.4 is 5.73 Å². The van der Waals surface area contributed by atoms with E-state index in [2.05, 4.69) is 6.92 Å². The van der Waals surface area contributed by atoms with Gasteiger partial charge in [-0.2, -0.15) is 0 Å². The Morgan fingerprint density at radius 3 is 2.67 bits per heavy atom. The smallest absolute Gasteiger partial charge is 0.136 e. The van der Waals surface area contributed by atoms with E-state index in [1.807, 2.05) is 0 Å². The summed E-state index contributed by atoms with van der Waals surface area (Å²) >= 11 is 0. The Morgan fingerprint density at radius 2 is 2.00 bits per heavy atom. The molecule has 1 fully saturated rings. The molecule has 0 bridgehead atoms. The molecule has 0 spiro atoms. The second kappa shape index (κ2) is 7.00. The fraction of sp³-hybridized carbons (Fsp3) is 0.923. The van der Waals surface area contributed by atoms with Crippen LogP contribution in [0.5, 0.6) is 0 Å². The third-order valence-corrected chi connectivity index (χ3v) is 3.72. The van der Waals surface area contributed by atoms with Gasteiger partial charge >= 0.3 is 0 Å². The first-order valence-corrected chi connectivity index (χ1v) is 6.52. The van der Waals surface area contributed by atoms with E-state index in [1.165, 1.54) is 25.7 Å². The number of unbranched alkanes of at least 4 members (excludes halogenated alkanes) is 1.